The number of likely N-dealkylation sites (tertiary alicyclic amines) is 1. The van der Waals surface area contributed by atoms with Crippen LogP contribution < -0.4 is 5.32 Å². The normalized spacial score (nSPS) is 17.6. The predicted molar refractivity (Wildman–Crippen MR) is 86.3 cm³/mol. The zero-order chi connectivity index (χ0) is 15.2. The number of rotatable bonds is 5. The maximum atomic E-state index is 12.3. The quantitative estimate of drug-likeness (QED) is 0.905. The van der Waals surface area contributed by atoms with E-state index in [1.54, 1.807) is 0 Å². The molecule has 0 spiro atoms. The molecule has 0 radical (unpaired) electrons. The number of amides is 1. The maximum Gasteiger partial charge on any atom is 0.225 e. The van der Waals surface area contributed by atoms with Crippen molar-refractivity contribution < 1.29 is 4.79 Å². The molecule has 0 bridgehead atoms. The van der Waals surface area contributed by atoms with Gasteiger partial charge in [0.1, 0.15) is 5.82 Å². The van der Waals surface area contributed by atoms with Crippen molar-refractivity contribution in [1.82, 2.24) is 9.88 Å². The lowest BCUT2D eigenvalue weighted by molar-refractivity contribution is -0.136. The van der Waals surface area contributed by atoms with E-state index in [9.17, 15) is 4.79 Å². The third-order valence-electron chi connectivity index (χ3n) is 4.19. The topological polar surface area (TPSA) is 45.2 Å². The molecule has 1 aliphatic rings. The molecular weight excluding hydrogens is 262 g/mol. The standard InChI is InChI=1S/C17H27N3O/c1-4-6-13(2)17(21)20-11-9-15(10-12-20)19-16-8-5-7-14(3)18-16/h5,7-8,13,15H,4,6,9-12H2,1-3H3,(H,18,19). The number of hydrogen-bond donors (Lipinski definition) is 1. The lowest BCUT2D eigenvalue weighted by Gasteiger charge is -2.34. The van der Waals surface area contributed by atoms with E-state index in [0.29, 0.717) is 11.9 Å². The zero-order valence-corrected chi connectivity index (χ0v) is 13.4. The Morgan fingerprint density at radius 1 is 1.43 bits per heavy atom. The summed E-state index contributed by atoms with van der Waals surface area (Å²) in [4.78, 5) is 18.8. The summed E-state index contributed by atoms with van der Waals surface area (Å²) in [6, 6.07) is 6.45. The summed E-state index contributed by atoms with van der Waals surface area (Å²) in [5, 5.41) is 3.49. The van der Waals surface area contributed by atoms with Crippen LogP contribution >= 0.6 is 0 Å². The van der Waals surface area contributed by atoms with Crippen molar-refractivity contribution >= 4 is 11.7 Å². The summed E-state index contributed by atoms with van der Waals surface area (Å²) >= 11 is 0. The molecule has 1 unspecified atom stereocenters. The molecule has 1 atom stereocenters. The fourth-order valence-corrected chi connectivity index (χ4v) is 2.94. The van der Waals surface area contributed by atoms with E-state index in [1.807, 2.05) is 36.9 Å². The number of anilines is 1. The van der Waals surface area contributed by atoms with Crippen LogP contribution in [0.3, 0.4) is 0 Å². The molecular formula is C17H27N3O. The van der Waals surface area contributed by atoms with E-state index < -0.39 is 0 Å². The molecule has 116 valence electrons. The molecule has 21 heavy (non-hydrogen) atoms. The second kappa shape index (κ2) is 7.43. The van der Waals surface area contributed by atoms with Gasteiger partial charge in [0.05, 0.1) is 0 Å². The molecule has 1 N–H and O–H groups in total. The summed E-state index contributed by atoms with van der Waals surface area (Å²) in [5.74, 6) is 1.43. The molecule has 1 aromatic heterocycles. The lowest BCUT2D eigenvalue weighted by Crippen LogP contribution is -2.44. The van der Waals surface area contributed by atoms with Gasteiger partial charge < -0.3 is 10.2 Å². The fourth-order valence-electron chi connectivity index (χ4n) is 2.94. The Labute approximate surface area is 127 Å². The van der Waals surface area contributed by atoms with Crippen LogP contribution in [-0.4, -0.2) is 34.9 Å². The summed E-state index contributed by atoms with van der Waals surface area (Å²) in [6.45, 7) is 7.90. The Morgan fingerprint density at radius 3 is 2.76 bits per heavy atom. The number of nitrogens with one attached hydrogen (secondary N) is 1. The Balaban J connectivity index is 1.82. The van der Waals surface area contributed by atoms with Crippen LogP contribution in [0.15, 0.2) is 18.2 Å². The summed E-state index contributed by atoms with van der Waals surface area (Å²) < 4.78 is 0. The molecule has 1 amide bonds. The maximum absolute atomic E-state index is 12.3. The van der Waals surface area contributed by atoms with Crippen LogP contribution in [0.2, 0.25) is 0 Å². The highest BCUT2D eigenvalue weighted by atomic mass is 16.2. The van der Waals surface area contributed by atoms with Crippen LogP contribution in [-0.2, 0) is 4.79 Å². The van der Waals surface area contributed by atoms with E-state index in [1.165, 1.54) is 0 Å². The summed E-state index contributed by atoms with van der Waals surface area (Å²) in [7, 11) is 0. The van der Waals surface area contributed by atoms with Gasteiger partial charge in [-0.3, -0.25) is 4.79 Å². The molecule has 0 saturated carbocycles. The van der Waals surface area contributed by atoms with Crippen molar-refractivity contribution in [2.24, 2.45) is 5.92 Å². The Bertz CT molecular complexity index is 467. The van der Waals surface area contributed by atoms with E-state index >= 15 is 0 Å². The first-order valence-electron chi connectivity index (χ1n) is 8.09. The van der Waals surface area contributed by atoms with Crippen molar-refractivity contribution in [2.45, 2.75) is 52.5 Å². The Kier molecular flexibility index (Phi) is 5.59. The number of carbonyl (C=O) groups is 1. The fraction of sp³-hybridized carbons (Fsp3) is 0.647. The molecule has 1 aliphatic heterocycles. The monoisotopic (exact) mass is 289 g/mol. The van der Waals surface area contributed by atoms with E-state index in [-0.39, 0.29) is 5.92 Å². The Hall–Kier alpha value is -1.58. The number of hydrogen-bond acceptors (Lipinski definition) is 3. The predicted octanol–water partition coefficient (Wildman–Crippen LogP) is 3.23. The molecule has 0 aromatic carbocycles. The average molecular weight is 289 g/mol. The van der Waals surface area contributed by atoms with Gasteiger partial charge in [0.2, 0.25) is 5.91 Å². The smallest absolute Gasteiger partial charge is 0.225 e. The van der Waals surface area contributed by atoms with Crippen molar-refractivity contribution in [3.8, 4) is 0 Å². The Morgan fingerprint density at radius 2 is 2.14 bits per heavy atom. The number of pyridine rings is 1. The molecule has 0 aliphatic carbocycles. The zero-order valence-electron chi connectivity index (χ0n) is 13.4. The van der Waals surface area contributed by atoms with Gasteiger partial charge in [0, 0.05) is 30.7 Å². The van der Waals surface area contributed by atoms with Gasteiger partial charge >= 0.3 is 0 Å². The number of piperidine rings is 1. The number of carbonyl (C=O) groups excluding carboxylic acids is 1. The van der Waals surface area contributed by atoms with Crippen LogP contribution in [0.25, 0.3) is 0 Å². The third kappa shape index (κ3) is 4.45. The number of aryl methyl sites for hydroxylation is 1. The highest BCUT2D eigenvalue weighted by Crippen LogP contribution is 2.18. The van der Waals surface area contributed by atoms with Gasteiger partial charge in [-0.05, 0) is 38.3 Å². The second-order valence-electron chi connectivity index (χ2n) is 6.10. The summed E-state index contributed by atoms with van der Waals surface area (Å²) in [6.07, 6.45) is 4.06. The first-order valence-corrected chi connectivity index (χ1v) is 8.09. The van der Waals surface area contributed by atoms with E-state index in [4.69, 9.17) is 0 Å². The number of nitrogens with zero attached hydrogens (tertiary/aromatic N) is 2. The summed E-state index contributed by atoms with van der Waals surface area (Å²) in [5.41, 5.74) is 1.03. The second-order valence-corrected chi connectivity index (χ2v) is 6.10. The number of aromatic nitrogens is 1. The van der Waals surface area contributed by atoms with Crippen molar-refractivity contribution in [2.75, 3.05) is 18.4 Å². The average Bonchev–Trinajstić information content (AvgIpc) is 2.47. The van der Waals surface area contributed by atoms with Crippen LogP contribution in [0.4, 0.5) is 5.82 Å². The van der Waals surface area contributed by atoms with Gasteiger partial charge in [-0.25, -0.2) is 4.98 Å². The largest absolute Gasteiger partial charge is 0.367 e. The highest BCUT2D eigenvalue weighted by Gasteiger charge is 2.25. The highest BCUT2D eigenvalue weighted by molar-refractivity contribution is 5.78. The molecule has 1 aromatic rings. The van der Waals surface area contributed by atoms with Gasteiger partial charge in [-0.1, -0.05) is 26.3 Å². The van der Waals surface area contributed by atoms with Gasteiger partial charge in [-0.2, -0.15) is 0 Å². The van der Waals surface area contributed by atoms with Crippen LogP contribution in [0, 0.1) is 12.8 Å². The van der Waals surface area contributed by atoms with Gasteiger partial charge in [0.25, 0.3) is 0 Å². The first kappa shape index (κ1) is 15.8. The minimum atomic E-state index is 0.165. The van der Waals surface area contributed by atoms with Gasteiger partial charge in [-0.15, -0.1) is 0 Å². The van der Waals surface area contributed by atoms with E-state index in [2.05, 4.69) is 17.2 Å². The van der Waals surface area contributed by atoms with Crippen LogP contribution in [0.5, 0.6) is 0 Å². The van der Waals surface area contributed by atoms with Crippen molar-refractivity contribution in [3.63, 3.8) is 0 Å². The molecule has 2 heterocycles. The minimum Gasteiger partial charge on any atom is -0.367 e. The van der Waals surface area contributed by atoms with Gasteiger partial charge in [0.15, 0.2) is 0 Å². The first-order chi connectivity index (χ1) is 10.1. The SMILES string of the molecule is CCCC(C)C(=O)N1CCC(Nc2cccc(C)n2)CC1. The molecule has 4 nitrogen and oxygen atoms in total. The van der Waals surface area contributed by atoms with Crippen LogP contribution in [0.1, 0.15) is 45.2 Å². The van der Waals surface area contributed by atoms with E-state index in [0.717, 1.165) is 50.3 Å². The lowest BCUT2D eigenvalue weighted by atomic mass is 10.0. The van der Waals surface area contributed by atoms with Crippen molar-refractivity contribution in [1.29, 1.82) is 0 Å². The minimum absolute atomic E-state index is 0.165. The molecule has 4 heteroatoms. The molecule has 1 saturated heterocycles. The van der Waals surface area contributed by atoms with Crippen molar-refractivity contribution in [3.05, 3.63) is 23.9 Å². The third-order valence-corrected chi connectivity index (χ3v) is 4.19. The molecule has 2 rings (SSSR count). The molecule has 1 fully saturated rings.